The van der Waals surface area contributed by atoms with E-state index in [4.69, 9.17) is 4.74 Å². The van der Waals surface area contributed by atoms with E-state index in [0.29, 0.717) is 0 Å². The Morgan fingerprint density at radius 2 is 1.02 bits per heavy atom. The molecule has 1 nitrogen and oxygen atoms in total. The Hall–Kier alpha value is -5.92. The summed E-state index contributed by atoms with van der Waals surface area (Å²) >= 11 is 0. The summed E-state index contributed by atoms with van der Waals surface area (Å²) in [5.41, 5.74) is 12.1. The molecule has 46 heavy (non-hydrogen) atoms. The van der Waals surface area contributed by atoms with Gasteiger partial charge in [0.05, 0.1) is 5.41 Å². The molecule has 8 aromatic rings. The number of hydrogen-bond acceptors (Lipinski definition) is 1. The second-order valence-corrected chi connectivity index (χ2v) is 12.5. The number of para-hydroxylation sites is 1. The molecule has 0 fully saturated rings. The van der Waals surface area contributed by atoms with Crippen molar-refractivity contribution in [3.8, 4) is 44.9 Å². The molecule has 10 rings (SSSR count). The van der Waals surface area contributed by atoms with Gasteiger partial charge in [-0.15, -0.1) is 0 Å². The summed E-state index contributed by atoms with van der Waals surface area (Å²) in [5.74, 6) is 1.82. The van der Waals surface area contributed by atoms with Crippen molar-refractivity contribution in [1.82, 2.24) is 0 Å². The van der Waals surface area contributed by atoms with Crippen LogP contribution in [0.25, 0.3) is 54.9 Å². The van der Waals surface area contributed by atoms with Gasteiger partial charge in [-0.25, -0.2) is 0 Å². The first kappa shape index (κ1) is 25.4. The van der Waals surface area contributed by atoms with Crippen LogP contribution in [-0.2, 0) is 5.41 Å². The molecular weight excluding hydrogens is 556 g/mol. The molecule has 1 aliphatic carbocycles. The molecule has 0 bridgehead atoms. The maximum Gasteiger partial charge on any atom is 0.135 e. The third-order valence-electron chi connectivity index (χ3n) is 10.1. The molecule has 0 N–H and O–H groups in total. The molecule has 1 heteroatoms. The standard InChI is InChI=1S/C45H28O/c1-2-16-34(17-3-1)45(40-21-8-6-19-36(40)38-26-30-12-4-5-13-31(30)28-41(38)45)35-18-10-14-29(25-35)33-24-32-15-11-23-43-44(32)39(27-33)37-20-7-9-22-42(37)46-43/h1-28H. The fraction of sp³-hybridized carbons (Fsp3) is 0.0222. The molecule has 0 saturated heterocycles. The molecule has 1 heterocycles. The van der Waals surface area contributed by atoms with Gasteiger partial charge in [-0.05, 0) is 109 Å². The highest BCUT2D eigenvalue weighted by Crippen LogP contribution is 2.57. The predicted octanol–water partition coefficient (Wildman–Crippen LogP) is 11.8. The lowest BCUT2D eigenvalue weighted by atomic mass is 9.67. The first-order valence-corrected chi connectivity index (χ1v) is 15.9. The van der Waals surface area contributed by atoms with E-state index in [1.54, 1.807) is 0 Å². The lowest BCUT2D eigenvalue weighted by Gasteiger charge is -2.34. The zero-order valence-electron chi connectivity index (χ0n) is 25.1. The van der Waals surface area contributed by atoms with Gasteiger partial charge in [0.15, 0.2) is 0 Å². The van der Waals surface area contributed by atoms with Gasteiger partial charge >= 0.3 is 0 Å². The molecule has 0 radical (unpaired) electrons. The largest absolute Gasteiger partial charge is 0.456 e. The molecule has 0 amide bonds. The molecule has 1 aliphatic heterocycles. The number of fused-ring (bicyclic) bond motifs is 6. The van der Waals surface area contributed by atoms with E-state index in [0.717, 1.165) is 17.1 Å². The van der Waals surface area contributed by atoms with Crippen molar-refractivity contribution in [1.29, 1.82) is 0 Å². The maximum atomic E-state index is 6.34. The second kappa shape index (κ2) is 9.54. The number of hydrogen-bond donors (Lipinski definition) is 0. The third-order valence-corrected chi connectivity index (χ3v) is 10.1. The zero-order valence-corrected chi connectivity index (χ0v) is 25.1. The summed E-state index contributed by atoms with van der Waals surface area (Å²) in [4.78, 5) is 0. The Bertz CT molecular complexity index is 2510. The van der Waals surface area contributed by atoms with Crippen LogP contribution in [0, 0.1) is 0 Å². The SMILES string of the molecule is c1ccc(C2(c3cccc(-c4cc5c6c(cccc6c4)Oc4ccccc4-5)c3)c3ccccc3-c3cc4ccccc4cc32)cc1. The summed E-state index contributed by atoms with van der Waals surface area (Å²) in [5, 5.41) is 4.89. The number of benzene rings is 8. The minimum absolute atomic E-state index is 0.466. The van der Waals surface area contributed by atoms with Crippen LogP contribution in [0.1, 0.15) is 22.3 Å². The van der Waals surface area contributed by atoms with E-state index in [1.165, 1.54) is 71.6 Å². The van der Waals surface area contributed by atoms with Crippen molar-refractivity contribution in [2.75, 3.05) is 0 Å². The Morgan fingerprint density at radius 3 is 1.91 bits per heavy atom. The van der Waals surface area contributed by atoms with Gasteiger partial charge in [0.1, 0.15) is 11.5 Å². The maximum absolute atomic E-state index is 6.34. The van der Waals surface area contributed by atoms with E-state index in [-0.39, 0.29) is 0 Å². The van der Waals surface area contributed by atoms with E-state index >= 15 is 0 Å². The van der Waals surface area contributed by atoms with E-state index < -0.39 is 5.41 Å². The third kappa shape index (κ3) is 3.46. The van der Waals surface area contributed by atoms with Crippen LogP contribution >= 0.6 is 0 Å². The average molecular weight is 585 g/mol. The molecule has 0 saturated carbocycles. The zero-order chi connectivity index (χ0) is 30.2. The van der Waals surface area contributed by atoms with Crippen LogP contribution in [0.15, 0.2) is 170 Å². The van der Waals surface area contributed by atoms with Crippen molar-refractivity contribution in [3.05, 3.63) is 192 Å². The second-order valence-electron chi connectivity index (χ2n) is 12.5. The van der Waals surface area contributed by atoms with E-state index in [1.807, 2.05) is 6.07 Å². The number of rotatable bonds is 3. The molecule has 0 aromatic heterocycles. The lowest BCUT2D eigenvalue weighted by Crippen LogP contribution is -2.28. The van der Waals surface area contributed by atoms with E-state index in [9.17, 15) is 0 Å². The molecule has 1 atom stereocenters. The van der Waals surface area contributed by atoms with Crippen molar-refractivity contribution >= 4 is 21.5 Å². The van der Waals surface area contributed by atoms with Gasteiger partial charge in [0.25, 0.3) is 0 Å². The highest BCUT2D eigenvalue weighted by molar-refractivity contribution is 6.06. The summed E-state index contributed by atoms with van der Waals surface area (Å²) < 4.78 is 6.34. The molecule has 8 aromatic carbocycles. The first-order valence-electron chi connectivity index (χ1n) is 15.9. The summed E-state index contributed by atoms with van der Waals surface area (Å²) in [7, 11) is 0. The van der Waals surface area contributed by atoms with Gasteiger partial charge in [-0.1, -0.05) is 127 Å². The van der Waals surface area contributed by atoms with Crippen LogP contribution in [0.5, 0.6) is 11.5 Å². The Labute approximate surface area is 268 Å². The summed E-state index contributed by atoms with van der Waals surface area (Å²) in [6.45, 7) is 0. The minimum Gasteiger partial charge on any atom is -0.456 e. The predicted molar refractivity (Wildman–Crippen MR) is 190 cm³/mol. The summed E-state index contributed by atoms with van der Waals surface area (Å²) in [6.07, 6.45) is 0. The molecular formula is C45H28O. The van der Waals surface area contributed by atoms with Gasteiger partial charge in [0, 0.05) is 10.9 Å². The fourth-order valence-electron chi connectivity index (χ4n) is 8.13. The van der Waals surface area contributed by atoms with Crippen molar-refractivity contribution in [2.45, 2.75) is 5.41 Å². The highest BCUT2D eigenvalue weighted by Gasteiger charge is 2.46. The normalized spacial score (nSPS) is 15.7. The smallest absolute Gasteiger partial charge is 0.135 e. The highest BCUT2D eigenvalue weighted by atomic mass is 16.5. The summed E-state index contributed by atoms with van der Waals surface area (Å²) in [6, 6.07) is 62.3. The van der Waals surface area contributed by atoms with Crippen LogP contribution in [0.2, 0.25) is 0 Å². The average Bonchev–Trinajstić information content (AvgIpc) is 3.41. The monoisotopic (exact) mass is 584 g/mol. The van der Waals surface area contributed by atoms with Gasteiger partial charge in [0.2, 0.25) is 0 Å². The van der Waals surface area contributed by atoms with Gasteiger partial charge in [-0.3, -0.25) is 0 Å². The topological polar surface area (TPSA) is 9.23 Å². The molecule has 2 aliphatic rings. The van der Waals surface area contributed by atoms with Crippen molar-refractivity contribution in [2.24, 2.45) is 0 Å². The molecule has 0 spiro atoms. The molecule has 214 valence electrons. The van der Waals surface area contributed by atoms with Crippen molar-refractivity contribution in [3.63, 3.8) is 0 Å². The molecule has 1 unspecified atom stereocenters. The minimum atomic E-state index is -0.466. The Morgan fingerprint density at radius 1 is 0.348 bits per heavy atom. The van der Waals surface area contributed by atoms with E-state index in [2.05, 4.69) is 164 Å². The van der Waals surface area contributed by atoms with Crippen molar-refractivity contribution < 1.29 is 4.74 Å². The number of ether oxygens (including phenoxy) is 1. The first-order chi connectivity index (χ1) is 22.8. The van der Waals surface area contributed by atoms with Gasteiger partial charge < -0.3 is 4.74 Å². The fourth-order valence-corrected chi connectivity index (χ4v) is 8.13. The Balaban J connectivity index is 1.26. The Kier molecular flexibility index (Phi) is 5.27. The van der Waals surface area contributed by atoms with Crippen LogP contribution in [0.3, 0.4) is 0 Å². The quantitative estimate of drug-likeness (QED) is 0.201. The van der Waals surface area contributed by atoms with Gasteiger partial charge in [-0.2, -0.15) is 0 Å². The van der Waals surface area contributed by atoms with Crippen LogP contribution in [0.4, 0.5) is 0 Å². The lowest BCUT2D eigenvalue weighted by molar-refractivity contribution is 0.487. The van der Waals surface area contributed by atoms with Crippen LogP contribution < -0.4 is 4.74 Å². The van der Waals surface area contributed by atoms with Crippen LogP contribution in [-0.4, -0.2) is 0 Å².